The van der Waals surface area contributed by atoms with Crippen LogP contribution in [0.1, 0.15) is 0 Å². The van der Waals surface area contributed by atoms with E-state index >= 15 is 0 Å². The number of nitrogens with one attached hydrogen (secondary N) is 1. The SMILES string of the molecule is COc1ccc(NC(=O)N2CCN(c3ccc(N(C)C)cc3)CC2)cc1Cl. The molecular formula is C20H25ClN4O2. The van der Waals surface area contributed by atoms with E-state index in [1.807, 2.05) is 19.0 Å². The summed E-state index contributed by atoms with van der Waals surface area (Å²) in [4.78, 5) is 18.7. The van der Waals surface area contributed by atoms with Crippen molar-refractivity contribution in [3.8, 4) is 5.75 Å². The number of carbonyl (C=O) groups is 1. The quantitative estimate of drug-likeness (QED) is 0.866. The minimum atomic E-state index is -0.112. The summed E-state index contributed by atoms with van der Waals surface area (Å²) in [6.45, 7) is 2.95. The van der Waals surface area contributed by atoms with E-state index in [1.165, 1.54) is 11.4 Å². The van der Waals surface area contributed by atoms with Crippen molar-refractivity contribution in [1.29, 1.82) is 0 Å². The predicted molar refractivity (Wildman–Crippen MR) is 112 cm³/mol. The molecule has 6 nitrogen and oxygen atoms in total. The van der Waals surface area contributed by atoms with Crippen LogP contribution >= 0.6 is 11.6 Å². The molecule has 2 amide bonds. The van der Waals surface area contributed by atoms with Gasteiger partial charge in [-0.15, -0.1) is 0 Å². The predicted octanol–water partition coefficient (Wildman–Crippen LogP) is 3.77. The van der Waals surface area contributed by atoms with Crippen molar-refractivity contribution in [2.75, 3.05) is 62.5 Å². The molecule has 0 aromatic heterocycles. The van der Waals surface area contributed by atoms with Crippen LogP contribution in [0.15, 0.2) is 42.5 Å². The van der Waals surface area contributed by atoms with Crippen LogP contribution in [0.25, 0.3) is 0 Å². The van der Waals surface area contributed by atoms with Crippen LogP contribution in [0.3, 0.4) is 0 Å². The maximum Gasteiger partial charge on any atom is 0.321 e. The molecule has 1 N–H and O–H groups in total. The first-order chi connectivity index (χ1) is 13.0. The minimum Gasteiger partial charge on any atom is -0.495 e. The molecule has 0 bridgehead atoms. The molecule has 2 aromatic rings. The summed E-state index contributed by atoms with van der Waals surface area (Å²) in [6.07, 6.45) is 0. The maximum atomic E-state index is 12.5. The zero-order chi connectivity index (χ0) is 19.4. The third-order valence-corrected chi connectivity index (χ3v) is 5.00. The van der Waals surface area contributed by atoms with Crippen molar-refractivity contribution < 1.29 is 9.53 Å². The molecule has 0 spiro atoms. The van der Waals surface area contributed by atoms with Gasteiger partial charge in [-0.05, 0) is 42.5 Å². The van der Waals surface area contributed by atoms with E-state index in [4.69, 9.17) is 16.3 Å². The molecule has 7 heteroatoms. The Morgan fingerprint density at radius 1 is 1.07 bits per heavy atom. The van der Waals surface area contributed by atoms with Crippen molar-refractivity contribution in [2.24, 2.45) is 0 Å². The number of hydrogen-bond donors (Lipinski definition) is 1. The average Bonchev–Trinajstić information content (AvgIpc) is 2.68. The molecule has 1 aliphatic rings. The third-order valence-electron chi connectivity index (χ3n) is 4.70. The molecule has 3 rings (SSSR count). The summed E-state index contributed by atoms with van der Waals surface area (Å²) in [7, 11) is 5.62. The van der Waals surface area contributed by atoms with Crippen LogP contribution in [0.4, 0.5) is 21.9 Å². The van der Waals surface area contributed by atoms with Crippen molar-refractivity contribution in [2.45, 2.75) is 0 Å². The lowest BCUT2D eigenvalue weighted by molar-refractivity contribution is 0.208. The Kier molecular flexibility index (Phi) is 5.96. The lowest BCUT2D eigenvalue weighted by atomic mass is 10.2. The molecule has 1 heterocycles. The molecule has 0 aliphatic carbocycles. The van der Waals surface area contributed by atoms with Gasteiger partial charge in [0.05, 0.1) is 12.1 Å². The Hall–Kier alpha value is -2.60. The van der Waals surface area contributed by atoms with Gasteiger partial charge in [0, 0.05) is 57.3 Å². The van der Waals surface area contributed by atoms with Crippen LogP contribution in [0, 0.1) is 0 Å². The van der Waals surface area contributed by atoms with Crippen LogP contribution in [-0.4, -0.2) is 58.3 Å². The monoisotopic (exact) mass is 388 g/mol. The standard InChI is InChI=1S/C20H25ClN4O2/c1-23(2)16-5-7-17(8-6-16)24-10-12-25(13-11-24)20(26)22-15-4-9-19(27-3)18(21)14-15/h4-9,14H,10-13H2,1-3H3,(H,22,26). The Morgan fingerprint density at radius 2 is 1.74 bits per heavy atom. The lowest BCUT2D eigenvalue weighted by Crippen LogP contribution is -2.50. The van der Waals surface area contributed by atoms with Gasteiger partial charge in [0.25, 0.3) is 0 Å². The second-order valence-electron chi connectivity index (χ2n) is 6.66. The van der Waals surface area contributed by atoms with Gasteiger partial charge in [-0.1, -0.05) is 11.6 Å². The van der Waals surface area contributed by atoms with Crippen molar-refractivity contribution in [1.82, 2.24) is 4.90 Å². The van der Waals surface area contributed by atoms with Gasteiger partial charge < -0.3 is 24.8 Å². The molecule has 1 aliphatic heterocycles. The van der Waals surface area contributed by atoms with E-state index in [1.54, 1.807) is 25.3 Å². The number of halogens is 1. The highest BCUT2D eigenvalue weighted by Gasteiger charge is 2.21. The first-order valence-corrected chi connectivity index (χ1v) is 9.27. The fraction of sp³-hybridized carbons (Fsp3) is 0.350. The van der Waals surface area contributed by atoms with E-state index in [2.05, 4.69) is 39.4 Å². The Bertz CT molecular complexity index is 787. The Labute approximate surface area is 165 Å². The third kappa shape index (κ3) is 4.57. The number of nitrogens with zero attached hydrogens (tertiary/aromatic N) is 3. The molecule has 0 saturated carbocycles. The topological polar surface area (TPSA) is 48.1 Å². The summed E-state index contributed by atoms with van der Waals surface area (Å²) < 4.78 is 5.13. The number of methoxy groups -OCH3 is 1. The Morgan fingerprint density at radius 3 is 2.30 bits per heavy atom. The molecule has 0 unspecified atom stereocenters. The summed E-state index contributed by atoms with van der Waals surface area (Å²) in [5, 5.41) is 3.37. The van der Waals surface area contributed by atoms with E-state index in [0.29, 0.717) is 29.5 Å². The summed E-state index contributed by atoms with van der Waals surface area (Å²) in [5.74, 6) is 0.587. The van der Waals surface area contributed by atoms with E-state index in [0.717, 1.165) is 13.1 Å². The van der Waals surface area contributed by atoms with Crippen LogP contribution in [0.2, 0.25) is 5.02 Å². The number of piperazine rings is 1. The lowest BCUT2D eigenvalue weighted by Gasteiger charge is -2.36. The number of urea groups is 1. The van der Waals surface area contributed by atoms with E-state index in [9.17, 15) is 4.79 Å². The highest BCUT2D eigenvalue weighted by molar-refractivity contribution is 6.32. The minimum absolute atomic E-state index is 0.112. The van der Waals surface area contributed by atoms with Crippen molar-refractivity contribution >= 4 is 34.7 Å². The van der Waals surface area contributed by atoms with Gasteiger partial charge in [-0.3, -0.25) is 0 Å². The molecule has 27 heavy (non-hydrogen) atoms. The maximum absolute atomic E-state index is 12.5. The van der Waals surface area contributed by atoms with Crippen LogP contribution in [-0.2, 0) is 0 Å². The van der Waals surface area contributed by atoms with Gasteiger partial charge in [-0.25, -0.2) is 4.79 Å². The number of amides is 2. The molecule has 144 valence electrons. The zero-order valence-corrected chi connectivity index (χ0v) is 16.7. The first kappa shape index (κ1) is 19.2. The molecule has 1 saturated heterocycles. The smallest absolute Gasteiger partial charge is 0.321 e. The van der Waals surface area contributed by atoms with Crippen LogP contribution in [0.5, 0.6) is 5.75 Å². The van der Waals surface area contributed by atoms with E-state index < -0.39 is 0 Å². The molecule has 1 fully saturated rings. The highest BCUT2D eigenvalue weighted by atomic mass is 35.5. The molecule has 0 radical (unpaired) electrons. The second kappa shape index (κ2) is 8.39. The summed E-state index contributed by atoms with van der Waals surface area (Å²) >= 11 is 6.12. The fourth-order valence-corrected chi connectivity index (χ4v) is 3.33. The van der Waals surface area contributed by atoms with Gasteiger partial charge in [0.2, 0.25) is 0 Å². The molecular weight excluding hydrogens is 364 g/mol. The Balaban J connectivity index is 1.55. The first-order valence-electron chi connectivity index (χ1n) is 8.90. The van der Waals surface area contributed by atoms with Crippen molar-refractivity contribution in [3.05, 3.63) is 47.5 Å². The molecule has 0 atom stereocenters. The number of benzene rings is 2. The van der Waals surface area contributed by atoms with Gasteiger partial charge >= 0.3 is 6.03 Å². The van der Waals surface area contributed by atoms with Gasteiger partial charge in [0.1, 0.15) is 5.75 Å². The fourth-order valence-electron chi connectivity index (χ4n) is 3.08. The van der Waals surface area contributed by atoms with Gasteiger partial charge in [0.15, 0.2) is 0 Å². The zero-order valence-electron chi connectivity index (χ0n) is 15.9. The largest absolute Gasteiger partial charge is 0.495 e. The second-order valence-corrected chi connectivity index (χ2v) is 7.07. The summed E-state index contributed by atoms with van der Waals surface area (Å²) in [5.41, 5.74) is 3.02. The highest BCUT2D eigenvalue weighted by Crippen LogP contribution is 2.27. The van der Waals surface area contributed by atoms with Gasteiger partial charge in [-0.2, -0.15) is 0 Å². The van der Waals surface area contributed by atoms with Crippen molar-refractivity contribution in [3.63, 3.8) is 0 Å². The van der Waals surface area contributed by atoms with E-state index in [-0.39, 0.29) is 6.03 Å². The average molecular weight is 389 g/mol. The number of rotatable bonds is 4. The number of carbonyl (C=O) groups excluding carboxylic acids is 1. The summed E-state index contributed by atoms with van der Waals surface area (Å²) in [6, 6.07) is 13.6. The number of hydrogen-bond acceptors (Lipinski definition) is 4. The van der Waals surface area contributed by atoms with Crippen LogP contribution < -0.4 is 19.9 Å². The normalized spacial score (nSPS) is 14.1. The number of ether oxygens (including phenoxy) is 1. The number of anilines is 3. The molecule has 2 aromatic carbocycles.